The summed E-state index contributed by atoms with van der Waals surface area (Å²) in [6.45, 7) is 3.05. The summed E-state index contributed by atoms with van der Waals surface area (Å²) in [6.07, 6.45) is 0. The molecule has 2 N–H and O–H groups in total. The summed E-state index contributed by atoms with van der Waals surface area (Å²) in [5, 5.41) is 3.10. The first-order valence-corrected chi connectivity index (χ1v) is 7.39. The first-order valence-electron chi connectivity index (χ1n) is 5.74. The van der Waals surface area contributed by atoms with Gasteiger partial charge in [0.15, 0.2) is 0 Å². The lowest BCUT2D eigenvalue weighted by Crippen LogP contribution is -2.29. The summed E-state index contributed by atoms with van der Waals surface area (Å²) in [6, 6.07) is 5.90. The molecule has 0 aromatic heterocycles. The summed E-state index contributed by atoms with van der Waals surface area (Å²) in [7, 11) is -0.0647. The van der Waals surface area contributed by atoms with Crippen molar-refractivity contribution in [2.45, 2.75) is 13.5 Å². The van der Waals surface area contributed by atoms with Crippen LogP contribution in [0.1, 0.15) is 11.1 Å². The third kappa shape index (κ3) is 4.64. The summed E-state index contributed by atoms with van der Waals surface area (Å²) >= 11 is 0. The van der Waals surface area contributed by atoms with E-state index in [-0.39, 0.29) is 5.75 Å². The predicted octanol–water partition coefficient (Wildman–Crippen LogP) is 0.642. The molecule has 0 unspecified atom stereocenters. The highest BCUT2D eigenvalue weighted by Crippen LogP contribution is 2.18. The van der Waals surface area contributed by atoms with Gasteiger partial charge in [0.1, 0.15) is 5.75 Å². The number of rotatable bonds is 7. The maximum absolute atomic E-state index is 11.2. The van der Waals surface area contributed by atoms with E-state index >= 15 is 0 Å². The molecule has 0 heterocycles. The highest BCUT2D eigenvalue weighted by molar-refractivity contribution is 7.89. The second-order valence-electron chi connectivity index (χ2n) is 4.00. The molecule has 1 rings (SSSR count). The van der Waals surface area contributed by atoms with Crippen LogP contribution in [0, 0.1) is 6.92 Å². The van der Waals surface area contributed by atoms with E-state index in [1.54, 1.807) is 7.11 Å². The van der Waals surface area contributed by atoms with Crippen LogP contribution in [0.3, 0.4) is 0 Å². The highest BCUT2D eigenvalue weighted by atomic mass is 32.2. The Morgan fingerprint density at radius 1 is 1.33 bits per heavy atom. The summed E-state index contributed by atoms with van der Waals surface area (Å²) < 4.78 is 29.8. The van der Waals surface area contributed by atoms with Crippen molar-refractivity contribution in [3.8, 4) is 5.75 Å². The number of benzene rings is 1. The Balaban J connectivity index is 2.43. The predicted molar refractivity (Wildman–Crippen MR) is 72.3 cm³/mol. The van der Waals surface area contributed by atoms with Crippen molar-refractivity contribution >= 4 is 10.0 Å². The fourth-order valence-corrected chi connectivity index (χ4v) is 2.21. The second kappa shape index (κ2) is 6.72. The fourth-order valence-electron chi connectivity index (χ4n) is 1.59. The first kappa shape index (κ1) is 14.9. The molecule has 0 aliphatic heterocycles. The van der Waals surface area contributed by atoms with Crippen LogP contribution < -0.4 is 14.8 Å². The van der Waals surface area contributed by atoms with Gasteiger partial charge >= 0.3 is 0 Å². The molecule has 18 heavy (non-hydrogen) atoms. The van der Waals surface area contributed by atoms with Crippen LogP contribution in [-0.2, 0) is 16.6 Å². The van der Waals surface area contributed by atoms with Crippen LogP contribution >= 0.6 is 0 Å². The van der Waals surface area contributed by atoms with Crippen molar-refractivity contribution in [1.29, 1.82) is 0 Å². The summed E-state index contributed by atoms with van der Waals surface area (Å²) in [4.78, 5) is 0. The average Bonchev–Trinajstić information content (AvgIpc) is 2.35. The van der Waals surface area contributed by atoms with Gasteiger partial charge in [0.25, 0.3) is 0 Å². The maximum atomic E-state index is 11.2. The Morgan fingerprint density at radius 3 is 2.61 bits per heavy atom. The molecule has 0 aliphatic rings. The number of ether oxygens (including phenoxy) is 1. The van der Waals surface area contributed by atoms with E-state index in [9.17, 15) is 8.42 Å². The Kier molecular flexibility index (Phi) is 5.58. The van der Waals surface area contributed by atoms with Gasteiger partial charge in [-0.25, -0.2) is 13.1 Å². The van der Waals surface area contributed by atoms with Crippen LogP contribution in [0.2, 0.25) is 0 Å². The van der Waals surface area contributed by atoms with E-state index in [1.807, 2.05) is 25.1 Å². The summed E-state index contributed by atoms with van der Waals surface area (Å²) in [5.41, 5.74) is 2.18. The normalized spacial score (nSPS) is 11.5. The van der Waals surface area contributed by atoms with E-state index in [4.69, 9.17) is 4.74 Å². The topological polar surface area (TPSA) is 67.4 Å². The second-order valence-corrected chi connectivity index (χ2v) is 6.05. The van der Waals surface area contributed by atoms with Gasteiger partial charge in [-0.3, -0.25) is 0 Å². The molecule has 0 atom stereocenters. The maximum Gasteiger partial charge on any atom is 0.212 e. The fraction of sp³-hybridized carbons (Fsp3) is 0.500. The number of sulfonamides is 1. The minimum atomic E-state index is -3.13. The largest absolute Gasteiger partial charge is 0.496 e. The number of aryl methyl sites for hydroxylation is 1. The molecule has 0 amide bonds. The van der Waals surface area contributed by atoms with Crippen molar-refractivity contribution in [2.75, 3.05) is 26.5 Å². The number of hydrogen-bond acceptors (Lipinski definition) is 4. The minimum absolute atomic E-state index is 0.0820. The molecular weight excluding hydrogens is 252 g/mol. The average molecular weight is 272 g/mol. The van der Waals surface area contributed by atoms with Crippen molar-refractivity contribution in [3.05, 3.63) is 29.3 Å². The van der Waals surface area contributed by atoms with Crippen molar-refractivity contribution in [2.24, 2.45) is 0 Å². The molecular formula is C12H20N2O3S. The lowest BCUT2D eigenvalue weighted by molar-refractivity contribution is 0.411. The zero-order chi connectivity index (χ0) is 13.6. The summed E-state index contributed by atoms with van der Waals surface area (Å²) in [5.74, 6) is 0.940. The van der Waals surface area contributed by atoms with E-state index in [2.05, 4.69) is 10.0 Å². The van der Waals surface area contributed by atoms with E-state index in [0.717, 1.165) is 16.9 Å². The van der Waals surface area contributed by atoms with Crippen LogP contribution in [0.5, 0.6) is 5.75 Å². The Labute approximate surface area is 109 Å². The van der Waals surface area contributed by atoms with Crippen molar-refractivity contribution < 1.29 is 13.2 Å². The van der Waals surface area contributed by atoms with Crippen molar-refractivity contribution in [3.63, 3.8) is 0 Å². The highest BCUT2D eigenvalue weighted by Gasteiger charge is 2.05. The lowest BCUT2D eigenvalue weighted by Gasteiger charge is -2.08. The third-order valence-corrected chi connectivity index (χ3v) is 4.01. The smallest absolute Gasteiger partial charge is 0.212 e. The molecule has 0 aliphatic carbocycles. The molecule has 0 spiro atoms. The van der Waals surface area contributed by atoms with Gasteiger partial charge < -0.3 is 10.1 Å². The Bertz CT molecular complexity index is 486. The first-order chi connectivity index (χ1) is 8.48. The van der Waals surface area contributed by atoms with Crippen LogP contribution in [0.15, 0.2) is 18.2 Å². The van der Waals surface area contributed by atoms with Gasteiger partial charge in [-0.05, 0) is 31.2 Å². The molecule has 5 nitrogen and oxygen atoms in total. The van der Waals surface area contributed by atoms with Gasteiger partial charge in [0.05, 0.1) is 12.9 Å². The zero-order valence-electron chi connectivity index (χ0n) is 11.0. The molecule has 0 radical (unpaired) electrons. The third-order valence-electron chi connectivity index (χ3n) is 2.65. The molecule has 0 bridgehead atoms. The van der Waals surface area contributed by atoms with Gasteiger partial charge in [0, 0.05) is 13.1 Å². The Hall–Kier alpha value is -1.11. The van der Waals surface area contributed by atoms with Gasteiger partial charge in [-0.2, -0.15) is 0 Å². The molecule has 0 fully saturated rings. The SMILES string of the molecule is CNS(=O)(=O)CCNCc1ccc(OC)c(C)c1. The van der Waals surface area contributed by atoms with E-state index < -0.39 is 10.0 Å². The van der Waals surface area contributed by atoms with Gasteiger partial charge in [-0.15, -0.1) is 0 Å². The van der Waals surface area contributed by atoms with Crippen molar-refractivity contribution in [1.82, 2.24) is 10.0 Å². The van der Waals surface area contributed by atoms with E-state index in [0.29, 0.717) is 13.1 Å². The standard InChI is InChI=1S/C12H20N2O3S/c1-10-8-11(4-5-12(10)17-3)9-14-6-7-18(15,16)13-2/h4-5,8,13-14H,6-7,9H2,1-3H3. The molecule has 0 saturated carbocycles. The van der Waals surface area contributed by atoms with Crippen LogP contribution in [-0.4, -0.2) is 34.9 Å². The van der Waals surface area contributed by atoms with Gasteiger partial charge in [0.2, 0.25) is 10.0 Å². The van der Waals surface area contributed by atoms with Crippen LogP contribution in [0.4, 0.5) is 0 Å². The molecule has 102 valence electrons. The molecule has 1 aromatic carbocycles. The Morgan fingerprint density at radius 2 is 2.06 bits per heavy atom. The number of hydrogen-bond donors (Lipinski definition) is 2. The molecule has 0 saturated heterocycles. The molecule has 1 aromatic rings. The molecule has 6 heteroatoms. The number of methoxy groups -OCH3 is 1. The quantitative estimate of drug-likeness (QED) is 0.715. The number of nitrogens with one attached hydrogen (secondary N) is 2. The van der Waals surface area contributed by atoms with Gasteiger partial charge in [-0.1, -0.05) is 12.1 Å². The van der Waals surface area contributed by atoms with E-state index in [1.165, 1.54) is 7.05 Å². The minimum Gasteiger partial charge on any atom is -0.496 e. The zero-order valence-corrected chi connectivity index (χ0v) is 11.8. The van der Waals surface area contributed by atoms with Crippen LogP contribution in [0.25, 0.3) is 0 Å². The lowest BCUT2D eigenvalue weighted by atomic mass is 10.1. The monoisotopic (exact) mass is 272 g/mol.